The SMILES string of the molecule is O=C1C2CC2CN1Cc1ccc([N+](=O)[O-])cc1. The van der Waals surface area contributed by atoms with Crippen molar-refractivity contribution in [3.8, 4) is 0 Å². The molecular weight excluding hydrogens is 220 g/mol. The van der Waals surface area contributed by atoms with Crippen LogP contribution in [0.5, 0.6) is 0 Å². The second-order valence-corrected chi connectivity index (χ2v) is 4.74. The molecule has 5 heteroatoms. The molecule has 0 aromatic heterocycles. The van der Waals surface area contributed by atoms with Gasteiger partial charge < -0.3 is 4.90 Å². The minimum atomic E-state index is -0.417. The topological polar surface area (TPSA) is 63.5 Å². The Balaban J connectivity index is 1.69. The van der Waals surface area contributed by atoms with Crippen molar-refractivity contribution in [2.24, 2.45) is 11.8 Å². The van der Waals surface area contributed by atoms with Crippen LogP contribution in [0.1, 0.15) is 12.0 Å². The van der Waals surface area contributed by atoms with Crippen molar-refractivity contribution >= 4 is 11.6 Å². The van der Waals surface area contributed by atoms with E-state index >= 15 is 0 Å². The predicted octanol–water partition coefficient (Wildman–Crippen LogP) is 1.57. The molecule has 88 valence electrons. The number of carbonyl (C=O) groups excluding carboxylic acids is 1. The van der Waals surface area contributed by atoms with Gasteiger partial charge in [0.1, 0.15) is 0 Å². The summed E-state index contributed by atoms with van der Waals surface area (Å²) in [6.07, 6.45) is 1.05. The average molecular weight is 232 g/mol. The van der Waals surface area contributed by atoms with Gasteiger partial charge in [0.25, 0.3) is 5.69 Å². The number of likely N-dealkylation sites (tertiary alicyclic amines) is 1. The Morgan fingerprint density at radius 2 is 2.06 bits per heavy atom. The third-order valence-corrected chi connectivity index (χ3v) is 3.53. The summed E-state index contributed by atoms with van der Waals surface area (Å²) in [6, 6.07) is 6.40. The molecule has 0 N–H and O–H groups in total. The summed E-state index contributed by atoms with van der Waals surface area (Å²) in [5.41, 5.74) is 1.04. The number of fused-ring (bicyclic) bond motifs is 1. The summed E-state index contributed by atoms with van der Waals surface area (Å²) in [4.78, 5) is 23.7. The van der Waals surface area contributed by atoms with E-state index < -0.39 is 4.92 Å². The number of carbonyl (C=O) groups is 1. The van der Waals surface area contributed by atoms with E-state index in [1.807, 2.05) is 4.90 Å². The van der Waals surface area contributed by atoms with Crippen LogP contribution < -0.4 is 0 Å². The van der Waals surface area contributed by atoms with Crippen LogP contribution in [0, 0.1) is 22.0 Å². The maximum absolute atomic E-state index is 11.7. The summed E-state index contributed by atoms with van der Waals surface area (Å²) in [7, 11) is 0. The van der Waals surface area contributed by atoms with E-state index in [2.05, 4.69) is 0 Å². The second kappa shape index (κ2) is 3.55. The molecule has 1 aliphatic heterocycles. The third-order valence-electron chi connectivity index (χ3n) is 3.53. The molecule has 17 heavy (non-hydrogen) atoms. The van der Waals surface area contributed by atoms with Gasteiger partial charge in [0, 0.05) is 31.1 Å². The highest BCUT2D eigenvalue weighted by atomic mass is 16.6. The fourth-order valence-electron chi connectivity index (χ4n) is 2.45. The van der Waals surface area contributed by atoms with Crippen LogP contribution in [0.15, 0.2) is 24.3 Å². The lowest BCUT2D eigenvalue weighted by molar-refractivity contribution is -0.384. The minimum absolute atomic E-state index is 0.0874. The van der Waals surface area contributed by atoms with Crippen LogP contribution in [0.2, 0.25) is 0 Å². The van der Waals surface area contributed by atoms with E-state index in [-0.39, 0.29) is 17.5 Å². The Kier molecular flexibility index (Phi) is 2.14. The van der Waals surface area contributed by atoms with E-state index in [0.717, 1.165) is 18.5 Å². The van der Waals surface area contributed by atoms with Crippen LogP contribution in [0.3, 0.4) is 0 Å². The molecule has 0 spiro atoms. The summed E-state index contributed by atoms with van der Waals surface area (Å²) >= 11 is 0. The van der Waals surface area contributed by atoms with Crippen molar-refractivity contribution in [3.05, 3.63) is 39.9 Å². The number of piperidine rings is 1. The average Bonchev–Trinajstić information content (AvgIpc) is 3.01. The highest BCUT2D eigenvalue weighted by Gasteiger charge is 2.51. The predicted molar refractivity (Wildman–Crippen MR) is 60.1 cm³/mol. The lowest BCUT2D eigenvalue weighted by atomic mass is 10.2. The molecule has 1 saturated heterocycles. The van der Waals surface area contributed by atoms with Crippen molar-refractivity contribution in [1.29, 1.82) is 0 Å². The summed E-state index contributed by atoms with van der Waals surface area (Å²) < 4.78 is 0. The number of non-ortho nitro benzene ring substituents is 1. The fraction of sp³-hybridized carbons (Fsp3) is 0.417. The number of benzene rings is 1. The quantitative estimate of drug-likeness (QED) is 0.587. The molecule has 2 unspecified atom stereocenters. The van der Waals surface area contributed by atoms with Gasteiger partial charge in [0.2, 0.25) is 5.91 Å². The zero-order valence-electron chi connectivity index (χ0n) is 9.20. The molecule has 2 fully saturated rings. The Hall–Kier alpha value is -1.91. The molecule has 0 radical (unpaired) electrons. The largest absolute Gasteiger partial charge is 0.338 e. The Bertz CT molecular complexity index is 483. The zero-order chi connectivity index (χ0) is 12.0. The van der Waals surface area contributed by atoms with Crippen LogP contribution in [0.4, 0.5) is 5.69 Å². The highest BCUT2D eigenvalue weighted by Crippen LogP contribution is 2.46. The van der Waals surface area contributed by atoms with Crippen LogP contribution in [-0.4, -0.2) is 22.3 Å². The number of nitrogens with zero attached hydrogens (tertiary/aromatic N) is 2. The van der Waals surface area contributed by atoms with Crippen molar-refractivity contribution in [3.63, 3.8) is 0 Å². The molecule has 1 aromatic carbocycles. The number of nitro benzene ring substituents is 1. The molecule has 3 rings (SSSR count). The molecule has 2 aliphatic rings. The summed E-state index contributed by atoms with van der Waals surface area (Å²) in [5.74, 6) is 1.09. The molecule has 1 aromatic rings. The fourth-order valence-corrected chi connectivity index (χ4v) is 2.45. The molecule has 1 aliphatic carbocycles. The summed E-state index contributed by atoms with van der Waals surface area (Å²) in [6.45, 7) is 1.42. The van der Waals surface area contributed by atoms with E-state index in [1.54, 1.807) is 12.1 Å². The van der Waals surface area contributed by atoms with Crippen molar-refractivity contribution < 1.29 is 9.72 Å². The molecule has 5 nitrogen and oxygen atoms in total. The molecule has 2 atom stereocenters. The Morgan fingerprint density at radius 1 is 1.35 bits per heavy atom. The molecule has 0 bridgehead atoms. The van der Waals surface area contributed by atoms with E-state index in [4.69, 9.17) is 0 Å². The van der Waals surface area contributed by atoms with Crippen molar-refractivity contribution in [1.82, 2.24) is 4.90 Å². The van der Waals surface area contributed by atoms with Gasteiger partial charge in [-0.05, 0) is 17.9 Å². The molecule has 1 heterocycles. The molecule has 1 amide bonds. The first-order chi connectivity index (χ1) is 8.15. The van der Waals surface area contributed by atoms with Crippen LogP contribution in [0.25, 0.3) is 0 Å². The lowest BCUT2D eigenvalue weighted by Crippen LogP contribution is -2.27. The van der Waals surface area contributed by atoms with Crippen LogP contribution >= 0.6 is 0 Å². The first-order valence-electron chi connectivity index (χ1n) is 5.67. The normalized spacial score (nSPS) is 25.9. The monoisotopic (exact) mass is 232 g/mol. The zero-order valence-corrected chi connectivity index (χ0v) is 9.20. The van der Waals surface area contributed by atoms with Gasteiger partial charge >= 0.3 is 0 Å². The lowest BCUT2D eigenvalue weighted by Gasteiger charge is -2.17. The van der Waals surface area contributed by atoms with Gasteiger partial charge in [-0.3, -0.25) is 14.9 Å². The number of hydrogen-bond acceptors (Lipinski definition) is 3. The van der Waals surface area contributed by atoms with Crippen molar-refractivity contribution in [2.75, 3.05) is 6.54 Å². The Morgan fingerprint density at radius 3 is 2.59 bits per heavy atom. The number of hydrogen-bond donors (Lipinski definition) is 0. The number of rotatable bonds is 3. The van der Waals surface area contributed by atoms with E-state index in [9.17, 15) is 14.9 Å². The highest BCUT2D eigenvalue weighted by molar-refractivity contribution is 5.84. The van der Waals surface area contributed by atoms with Crippen molar-refractivity contribution in [2.45, 2.75) is 13.0 Å². The number of amides is 1. The second-order valence-electron chi connectivity index (χ2n) is 4.74. The van der Waals surface area contributed by atoms with E-state index in [0.29, 0.717) is 12.5 Å². The minimum Gasteiger partial charge on any atom is -0.338 e. The van der Waals surface area contributed by atoms with Gasteiger partial charge in [-0.2, -0.15) is 0 Å². The summed E-state index contributed by atoms with van der Waals surface area (Å²) in [5, 5.41) is 10.5. The smallest absolute Gasteiger partial charge is 0.269 e. The van der Waals surface area contributed by atoms with Gasteiger partial charge in [-0.1, -0.05) is 12.1 Å². The molecular formula is C12H12N2O3. The van der Waals surface area contributed by atoms with Gasteiger partial charge in [-0.25, -0.2) is 0 Å². The first kappa shape index (κ1) is 10.3. The van der Waals surface area contributed by atoms with Gasteiger partial charge in [-0.15, -0.1) is 0 Å². The van der Waals surface area contributed by atoms with E-state index in [1.165, 1.54) is 12.1 Å². The van der Waals surface area contributed by atoms with Gasteiger partial charge in [0.05, 0.1) is 4.92 Å². The Labute approximate surface area is 98.2 Å². The maximum atomic E-state index is 11.7. The van der Waals surface area contributed by atoms with Gasteiger partial charge in [0.15, 0.2) is 0 Å². The molecule has 1 saturated carbocycles. The first-order valence-corrected chi connectivity index (χ1v) is 5.67. The third kappa shape index (κ3) is 1.77. The number of nitro groups is 1. The maximum Gasteiger partial charge on any atom is 0.269 e. The standard InChI is InChI=1S/C12H12N2O3/c15-12-11-5-9(11)7-13(12)6-8-1-3-10(4-2-8)14(16)17/h1-4,9,11H,5-7H2. The van der Waals surface area contributed by atoms with Crippen LogP contribution in [-0.2, 0) is 11.3 Å².